The van der Waals surface area contributed by atoms with Crippen LogP contribution in [0, 0.1) is 0 Å². The standard InChI is InChI=1S/C12H16BrN3O2S/c1-7(2)18-11-5-9(13)8(4-10(11)17-3)6-15-16-12(14)19/h4-7H,1-3H3,(H3,14,16,19)/b15-6+. The Balaban J connectivity index is 3.01. The highest BCUT2D eigenvalue weighted by molar-refractivity contribution is 9.10. The Kier molecular flexibility index (Phi) is 6.04. The predicted octanol–water partition coefficient (Wildman–Crippen LogP) is 2.41. The lowest BCUT2D eigenvalue weighted by Crippen LogP contribution is -2.24. The number of halogens is 1. The van der Waals surface area contributed by atoms with Crippen molar-refractivity contribution in [2.24, 2.45) is 10.8 Å². The van der Waals surface area contributed by atoms with Crippen molar-refractivity contribution in [2.45, 2.75) is 20.0 Å². The van der Waals surface area contributed by atoms with Gasteiger partial charge in [0.05, 0.1) is 19.4 Å². The third-order valence-electron chi connectivity index (χ3n) is 2.02. The van der Waals surface area contributed by atoms with Crippen molar-refractivity contribution in [3.8, 4) is 11.5 Å². The Hall–Kier alpha value is -1.34. The van der Waals surface area contributed by atoms with Crippen molar-refractivity contribution in [1.82, 2.24) is 5.43 Å². The lowest BCUT2D eigenvalue weighted by atomic mass is 10.2. The second-order valence-electron chi connectivity index (χ2n) is 3.93. The first kappa shape index (κ1) is 15.7. The zero-order chi connectivity index (χ0) is 14.4. The van der Waals surface area contributed by atoms with Gasteiger partial charge >= 0.3 is 0 Å². The van der Waals surface area contributed by atoms with E-state index in [2.05, 4.69) is 38.7 Å². The van der Waals surface area contributed by atoms with Gasteiger partial charge in [-0.1, -0.05) is 0 Å². The number of ether oxygens (including phenoxy) is 2. The quantitative estimate of drug-likeness (QED) is 0.487. The Morgan fingerprint density at radius 2 is 2.16 bits per heavy atom. The van der Waals surface area contributed by atoms with Gasteiger partial charge in [0.2, 0.25) is 0 Å². The molecule has 1 rings (SSSR count). The summed E-state index contributed by atoms with van der Waals surface area (Å²) in [5.41, 5.74) is 8.59. The van der Waals surface area contributed by atoms with E-state index in [9.17, 15) is 0 Å². The van der Waals surface area contributed by atoms with Crippen LogP contribution in [0.15, 0.2) is 21.7 Å². The average molecular weight is 346 g/mol. The Morgan fingerprint density at radius 1 is 1.47 bits per heavy atom. The van der Waals surface area contributed by atoms with Crippen LogP contribution in [0.2, 0.25) is 0 Å². The van der Waals surface area contributed by atoms with Gasteiger partial charge in [-0.25, -0.2) is 0 Å². The van der Waals surface area contributed by atoms with Crippen molar-refractivity contribution in [3.63, 3.8) is 0 Å². The van der Waals surface area contributed by atoms with Crippen molar-refractivity contribution >= 4 is 39.5 Å². The highest BCUT2D eigenvalue weighted by Gasteiger charge is 2.10. The molecular formula is C12H16BrN3O2S. The van der Waals surface area contributed by atoms with E-state index in [4.69, 9.17) is 15.2 Å². The van der Waals surface area contributed by atoms with Crippen LogP contribution in [-0.4, -0.2) is 24.5 Å². The summed E-state index contributed by atoms with van der Waals surface area (Å²) in [6, 6.07) is 3.65. The zero-order valence-electron chi connectivity index (χ0n) is 10.9. The van der Waals surface area contributed by atoms with Gasteiger partial charge in [-0.05, 0) is 54.1 Å². The van der Waals surface area contributed by atoms with Crippen LogP contribution in [0.5, 0.6) is 11.5 Å². The van der Waals surface area contributed by atoms with Gasteiger partial charge in [0.1, 0.15) is 0 Å². The number of benzene rings is 1. The molecule has 0 fully saturated rings. The van der Waals surface area contributed by atoms with Crippen molar-refractivity contribution < 1.29 is 9.47 Å². The molecule has 0 bridgehead atoms. The molecule has 0 amide bonds. The molecule has 0 aliphatic heterocycles. The van der Waals surface area contributed by atoms with Gasteiger partial charge in [-0.3, -0.25) is 5.43 Å². The van der Waals surface area contributed by atoms with Gasteiger partial charge in [0.25, 0.3) is 0 Å². The molecule has 0 aliphatic rings. The molecule has 1 aromatic carbocycles. The second-order valence-corrected chi connectivity index (χ2v) is 5.22. The molecule has 0 saturated heterocycles. The molecule has 0 saturated carbocycles. The first-order chi connectivity index (χ1) is 8.93. The number of methoxy groups -OCH3 is 1. The van der Waals surface area contributed by atoms with Crippen LogP contribution in [0.1, 0.15) is 19.4 Å². The maximum atomic E-state index is 5.66. The number of hydrogen-bond donors (Lipinski definition) is 2. The average Bonchev–Trinajstić information content (AvgIpc) is 2.30. The van der Waals surface area contributed by atoms with E-state index in [1.807, 2.05) is 26.0 Å². The third-order valence-corrected chi connectivity index (χ3v) is 2.80. The van der Waals surface area contributed by atoms with E-state index in [1.54, 1.807) is 13.3 Å². The smallest absolute Gasteiger partial charge is 0.184 e. The molecule has 3 N–H and O–H groups in total. The number of rotatable bonds is 5. The minimum atomic E-state index is 0.0663. The number of hydrazone groups is 1. The molecule has 0 aromatic heterocycles. The first-order valence-corrected chi connectivity index (χ1v) is 6.77. The summed E-state index contributed by atoms with van der Waals surface area (Å²) in [7, 11) is 1.59. The predicted molar refractivity (Wildman–Crippen MR) is 84.0 cm³/mol. The molecule has 0 atom stereocenters. The molecule has 0 aliphatic carbocycles. The van der Waals surface area contributed by atoms with E-state index in [-0.39, 0.29) is 11.2 Å². The van der Waals surface area contributed by atoms with Crippen LogP contribution in [0.25, 0.3) is 0 Å². The van der Waals surface area contributed by atoms with Gasteiger partial charge in [0.15, 0.2) is 16.6 Å². The number of hydrogen-bond acceptors (Lipinski definition) is 4. The lowest BCUT2D eigenvalue weighted by Gasteiger charge is -2.14. The van der Waals surface area contributed by atoms with E-state index in [0.29, 0.717) is 11.5 Å². The minimum Gasteiger partial charge on any atom is -0.493 e. The highest BCUT2D eigenvalue weighted by atomic mass is 79.9. The summed E-state index contributed by atoms with van der Waals surface area (Å²) in [5, 5.41) is 4.01. The monoisotopic (exact) mass is 345 g/mol. The Bertz CT molecular complexity index is 492. The van der Waals surface area contributed by atoms with Crippen molar-refractivity contribution in [2.75, 3.05) is 7.11 Å². The molecule has 0 radical (unpaired) electrons. The van der Waals surface area contributed by atoms with E-state index in [1.165, 1.54) is 0 Å². The molecule has 0 heterocycles. The summed E-state index contributed by atoms with van der Waals surface area (Å²) in [6.45, 7) is 3.91. The van der Waals surface area contributed by atoms with Crippen LogP contribution >= 0.6 is 28.1 Å². The molecule has 0 unspecified atom stereocenters. The molecule has 19 heavy (non-hydrogen) atoms. The molecule has 5 nitrogen and oxygen atoms in total. The largest absolute Gasteiger partial charge is 0.493 e. The number of nitrogens with zero attached hydrogens (tertiary/aromatic N) is 1. The lowest BCUT2D eigenvalue weighted by molar-refractivity contribution is 0.230. The Labute approximate surface area is 126 Å². The van der Waals surface area contributed by atoms with Crippen LogP contribution in [0.3, 0.4) is 0 Å². The van der Waals surface area contributed by atoms with Gasteiger partial charge in [-0.15, -0.1) is 0 Å². The van der Waals surface area contributed by atoms with E-state index < -0.39 is 0 Å². The summed E-state index contributed by atoms with van der Waals surface area (Å²) in [5.74, 6) is 1.30. The van der Waals surface area contributed by atoms with Gasteiger partial charge < -0.3 is 15.2 Å². The fourth-order valence-electron chi connectivity index (χ4n) is 1.32. The number of thiocarbonyl (C=S) groups is 1. The van der Waals surface area contributed by atoms with Gasteiger partial charge in [-0.2, -0.15) is 5.10 Å². The topological polar surface area (TPSA) is 68.9 Å². The fourth-order valence-corrected chi connectivity index (χ4v) is 1.80. The molecule has 104 valence electrons. The highest BCUT2D eigenvalue weighted by Crippen LogP contribution is 2.33. The molecule has 0 spiro atoms. The van der Waals surface area contributed by atoms with Gasteiger partial charge in [0, 0.05) is 10.0 Å². The summed E-state index contributed by atoms with van der Waals surface area (Å²) in [6.07, 6.45) is 1.65. The number of nitrogens with one attached hydrogen (secondary N) is 1. The van der Waals surface area contributed by atoms with Crippen molar-refractivity contribution in [1.29, 1.82) is 0 Å². The van der Waals surface area contributed by atoms with Crippen LogP contribution in [-0.2, 0) is 0 Å². The van der Waals surface area contributed by atoms with Crippen LogP contribution < -0.4 is 20.6 Å². The Morgan fingerprint density at radius 3 is 2.68 bits per heavy atom. The van der Waals surface area contributed by atoms with Crippen molar-refractivity contribution in [3.05, 3.63) is 22.2 Å². The summed E-state index contributed by atoms with van der Waals surface area (Å²) in [4.78, 5) is 0. The summed E-state index contributed by atoms with van der Waals surface area (Å²) >= 11 is 8.11. The maximum Gasteiger partial charge on any atom is 0.184 e. The van der Waals surface area contributed by atoms with Crippen LogP contribution in [0.4, 0.5) is 0 Å². The molecule has 1 aromatic rings. The molecule has 7 heteroatoms. The minimum absolute atomic E-state index is 0.0663. The first-order valence-electron chi connectivity index (χ1n) is 5.56. The zero-order valence-corrected chi connectivity index (χ0v) is 13.3. The SMILES string of the molecule is COc1cc(/C=N/NC(N)=S)c(Br)cc1OC(C)C. The number of nitrogens with two attached hydrogens (primary N) is 1. The normalized spacial score (nSPS) is 10.8. The van der Waals surface area contributed by atoms with E-state index in [0.717, 1.165) is 10.0 Å². The molecular weight excluding hydrogens is 330 g/mol. The second kappa shape index (κ2) is 7.30. The maximum absolute atomic E-state index is 5.66. The van der Waals surface area contributed by atoms with E-state index >= 15 is 0 Å². The third kappa shape index (κ3) is 5.04. The summed E-state index contributed by atoms with van der Waals surface area (Å²) < 4.78 is 11.8. The fraction of sp³-hybridized carbons (Fsp3) is 0.333.